The Kier molecular flexibility index (Phi) is 2.47. The summed E-state index contributed by atoms with van der Waals surface area (Å²) < 4.78 is 0. The fourth-order valence-corrected chi connectivity index (χ4v) is 1.60. The summed E-state index contributed by atoms with van der Waals surface area (Å²) in [6, 6.07) is 0. The van der Waals surface area contributed by atoms with Gasteiger partial charge < -0.3 is 0 Å². The zero-order chi connectivity index (χ0) is 10.1. The van der Waals surface area contributed by atoms with Gasteiger partial charge in [0.1, 0.15) is 0 Å². The maximum absolute atomic E-state index is 11.1. The van der Waals surface area contributed by atoms with Crippen molar-refractivity contribution in [1.29, 1.82) is 0 Å². The van der Waals surface area contributed by atoms with Gasteiger partial charge in [0.15, 0.2) is 5.78 Å². The lowest BCUT2D eigenvalue weighted by molar-refractivity contribution is -0.115. The zero-order valence-electron chi connectivity index (χ0n) is 8.76. The van der Waals surface area contributed by atoms with Crippen LogP contribution in [0.4, 0.5) is 0 Å². The molecule has 1 heteroatoms. The topological polar surface area (TPSA) is 17.1 Å². The Bertz CT molecular complexity index is 260. The Morgan fingerprint density at radius 1 is 1.62 bits per heavy atom. The van der Waals surface area contributed by atoms with Gasteiger partial charge >= 0.3 is 0 Å². The Labute approximate surface area is 80.5 Å². The fourth-order valence-electron chi connectivity index (χ4n) is 1.60. The van der Waals surface area contributed by atoms with Crippen molar-refractivity contribution in [3.8, 4) is 0 Å². The second kappa shape index (κ2) is 3.13. The number of carbonyl (C=O) groups is 1. The molecule has 1 rings (SSSR count). The van der Waals surface area contributed by atoms with Crippen molar-refractivity contribution in [2.75, 3.05) is 0 Å². The minimum absolute atomic E-state index is 0.0597. The minimum Gasteiger partial charge on any atom is -0.295 e. The first-order valence-electron chi connectivity index (χ1n) is 4.77. The highest BCUT2D eigenvalue weighted by molar-refractivity contribution is 5.90. The van der Waals surface area contributed by atoms with Crippen molar-refractivity contribution in [3.63, 3.8) is 0 Å². The third kappa shape index (κ3) is 1.74. The summed E-state index contributed by atoms with van der Waals surface area (Å²) in [6.07, 6.45) is 7.34. The van der Waals surface area contributed by atoms with Crippen LogP contribution in [0, 0.1) is 10.8 Å². The molecule has 0 aromatic heterocycles. The first-order valence-corrected chi connectivity index (χ1v) is 4.77. The van der Waals surface area contributed by atoms with Gasteiger partial charge in [-0.3, -0.25) is 4.79 Å². The van der Waals surface area contributed by atoms with Crippen LogP contribution in [-0.4, -0.2) is 5.78 Å². The first-order chi connectivity index (χ1) is 5.91. The van der Waals surface area contributed by atoms with Gasteiger partial charge in [-0.2, -0.15) is 0 Å². The standard InChI is InChI=1S/C12H18O/c1-5-11(2,3)12(4)8-6-10(13)7-9-12/h5-6,8H,1,7,9H2,2-4H3/t12-/m0/s1. The third-order valence-corrected chi connectivity index (χ3v) is 3.51. The van der Waals surface area contributed by atoms with E-state index < -0.39 is 0 Å². The summed E-state index contributed by atoms with van der Waals surface area (Å²) >= 11 is 0. The Hall–Kier alpha value is -0.850. The van der Waals surface area contributed by atoms with Crippen LogP contribution in [0.25, 0.3) is 0 Å². The molecule has 0 heterocycles. The summed E-state index contributed by atoms with van der Waals surface area (Å²) in [5.74, 6) is 0.248. The van der Waals surface area contributed by atoms with Gasteiger partial charge in [0.25, 0.3) is 0 Å². The van der Waals surface area contributed by atoms with E-state index in [2.05, 4.69) is 27.4 Å². The quantitative estimate of drug-likeness (QED) is 0.594. The normalized spacial score (nSPS) is 29.0. The van der Waals surface area contributed by atoms with E-state index in [1.54, 1.807) is 6.08 Å². The lowest BCUT2D eigenvalue weighted by atomic mass is 9.62. The fraction of sp³-hybridized carbons (Fsp3) is 0.583. The molecule has 0 aromatic carbocycles. The summed E-state index contributed by atoms with van der Waals surface area (Å²) in [6.45, 7) is 10.4. The van der Waals surface area contributed by atoms with E-state index >= 15 is 0 Å². The van der Waals surface area contributed by atoms with Crippen LogP contribution in [0.15, 0.2) is 24.8 Å². The molecule has 0 radical (unpaired) electrons. The van der Waals surface area contributed by atoms with E-state index in [0.717, 1.165) is 6.42 Å². The molecule has 1 nitrogen and oxygen atoms in total. The highest BCUT2D eigenvalue weighted by Gasteiger charge is 2.38. The molecule has 0 bridgehead atoms. The molecule has 0 aliphatic heterocycles. The van der Waals surface area contributed by atoms with Crippen molar-refractivity contribution in [2.24, 2.45) is 10.8 Å². The van der Waals surface area contributed by atoms with E-state index in [4.69, 9.17) is 0 Å². The average molecular weight is 178 g/mol. The first kappa shape index (κ1) is 10.2. The van der Waals surface area contributed by atoms with Gasteiger partial charge in [-0.25, -0.2) is 0 Å². The van der Waals surface area contributed by atoms with Crippen molar-refractivity contribution in [3.05, 3.63) is 24.8 Å². The SMILES string of the molecule is C=CC(C)(C)[C@@]1(C)C=CC(=O)CC1. The van der Waals surface area contributed by atoms with Gasteiger partial charge in [-0.1, -0.05) is 32.9 Å². The number of ketones is 1. The van der Waals surface area contributed by atoms with Crippen LogP contribution in [0.5, 0.6) is 0 Å². The van der Waals surface area contributed by atoms with Crippen LogP contribution >= 0.6 is 0 Å². The molecule has 0 amide bonds. The van der Waals surface area contributed by atoms with Crippen molar-refractivity contribution in [2.45, 2.75) is 33.6 Å². The number of rotatable bonds is 2. The van der Waals surface area contributed by atoms with Crippen molar-refractivity contribution in [1.82, 2.24) is 0 Å². The van der Waals surface area contributed by atoms with Gasteiger partial charge in [0.2, 0.25) is 0 Å². The maximum atomic E-state index is 11.1. The molecule has 1 atom stereocenters. The molecule has 1 aliphatic carbocycles. The van der Waals surface area contributed by atoms with Crippen LogP contribution in [0.2, 0.25) is 0 Å². The molecule has 13 heavy (non-hydrogen) atoms. The smallest absolute Gasteiger partial charge is 0.155 e. The predicted octanol–water partition coefficient (Wildman–Crippen LogP) is 3.12. The number of allylic oxidation sites excluding steroid dienone is 3. The maximum Gasteiger partial charge on any atom is 0.155 e. The van der Waals surface area contributed by atoms with E-state index in [-0.39, 0.29) is 16.6 Å². The molecule has 1 aliphatic rings. The molecule has 72 valence electrons. The number of carbonyl (C=O) groups excluding carboxylic acids is 1. The molecule has 0 saturated carbocycles. The van der Waals surface area contributed by atoms with E-state index in [1.807, 2.05) is 12.2 Å². The Morgan fingerprint density at radius 2 is 2.23 bits per heavy atom. The van der Waals surface area contributed by atoms with Crippen molar-refractivity contribution >= 4 is 5.78 Å². The van der Waals surface area contributed by atoms with Gasteiger partial charge in [-0.05, 0) is 23.3 Å². The van der Waals surface area contributed by atoms with E-state index in [1.165, 1.54) is 0 Å². The molecule has 0 fully saturated rings. The van der Waals surface area contributed by atoms with Gasteiger partial charge in [0, 0.05) is 6.42 Å². The summed E-state index contributed by atoms with van der Waals surface area (Å²) in [5.41, 5.74) is 0.146. The Morgan fingerprint density at radius 3 is 2.62 bits per heavy atom. The van der Waals surface area contributed by atoms with Crippen LogP contribution < -0.4 is 0 Å². The monoisotopic (exact) mass is 178 g/mol. The highest BCUT2D eigenvalue weighted by atomic mass is 16.1. The highest BCUT2D eigenvalue weighted by Crippen LogP contribution is 2.46. The lowest BCUT2D eigenvalue weighted by Gasteiger charge is -2.41. The molecule has 0 saturated heterocycles. The largest absolute Gasteiger partial charge is 0.295 e. The van der Waals surface area contributed by atoms with E-state index in [9.17, 15) is 4.79 Å². The van der Waals surface area contributed by atoms with Gasteiger partial charge in [-0.15, -0.1) is 6.58 Å². The summed E-state index contributed by atoms with van der Waals surface area (Å²) in [4.78, 5) is 11.1. The molecule has 0 aromatic rings. The number of hydrogen-bond acceptors (Lipinski definition) is 1. The van der Waals surface area contributed by atoms with Crippen LogP contribution in [-0.2, 0) is 4.79 Å². The van der Waals surface area contributed by atoms with Gasteiger partial charge in [0.05, 0.1) is 0 Å². The molecule has 0 spiro atoms. The minimum atomic E-state index is 0.0597. The van der Waals surface area contributed by atoms with Crippen LogP contribution in [0.1, 0.15) is 33.6 Å². The summed E-state index contributed by atoms with van der Waals surface area (Å²) in [7, 11) is 0. The molecule has 0 unspecified atom stereocenters. The predicted molar refractivity (Wildman–Crippen MR) is 55.5 cm³/mol. The van der Waals surface area contributed by atoms with Crippen LogP contribution in [0.3, 0.4) is 0 Å². The second-order valence-corrected chi connectivity index (χ2v) is 4.64. The summed E-state index contributed by atoms with van der Waals surface area (Å²) in [5, 5.41) is 0. The Balaban J connectivity index is 2.96. The molecule has 0 N–H and O–H groups in total. The average Bonchev–Trinajstić information content (AvgIpc) is 2.10. The third-order valence-electron chi connectivity index (χ3n) is 3.51. The number of hydrogen-bond donors (Lipinski definition) is 0. The second-order valence-electron chi connectivity index (χ2n) is 4.64. The molecular formula is C12H18O. The van der Waals surface area contributed by atoms with E-state index in [0.29, 0.717) is 6.42 Å². The lowest BCUT2D eigenvalue weighted by Crippen LogP contribution is -2.34. The molecular weight excluding hydrogens is 160 g/mol. The zero-order valence-corrected chi connectivity index (χ0v) is 8.76. The van der Waals surface area contributed by atoms with Crippen molar-refractivity contribution < 1.29 is 4.79 Å².